The number of aliphatic hydroxyl groups is 1. The molecule has 0 saturated carbocycles. The van der Waals surface area contributed by atoms with Gasteiger partial charge in [-0.2, -0.15) is 0 Å². The molecular formula is C11H21NO2. The van der Waals surface area contributed by atoms with Crippen molar-refractivity contribution in [1.29, 1.82) is 0 Å². The van der Waals surface area contributed by atoms with E-state index >= 15 is 0 Å². The van der Waals surface area contributed by atoms with Crippen molar-refractivity contribution in [2.24, 2.45) is 5.73 Å². The van der Waals surface area contributed by atoms with Crippen molar-refractivity contribution >= 4 is 5.91 Å². The molecule has 0 aliphatic carbocycles. The Labute approximate surface area is 86.0 Å². The summed E-state index contributed by atoms with van der Waals surface area (Å²) in [4.78, 5) is 10.5. The molecule has 3 N–H and O–H groups in total. The number of carbonyl (C=O) groups is 1. The highest BCUT2D eigenvalue weighted by molar-refractivity contribution is 5.78. The van der Waals surface area contributed by atoms with E-state index in [4.69, 9.17) is 10.8 Å². The largest absolute Gasteiger partial charge is 0.383 e. The number of allylic oxidation sites excluding steroid dienone is 2. The number of hydrogen-bond donors (Lipinski definition) is 2. The first kappa shape index (κ1) is 13.2. The van der Waals surface area contributed by atoms with Crippen LogP contribution in [-0.4, -0.2) is 17.1 Å². The Kier molecular flexibility index (Phi) is 8.24. The minimum absolute atomic E-state index is 0.430. The predicted octanol–water partition coefficient (Wildman–Crippen LogP) is 1.75. The van der Waals surface area contributed by atoms with E-state index in [-0.39, 0.29) is 0 Å². The maximum Gasteiger partial charge on any atom is 0.246 e. The van der Waals surface area contributed by atoms with E-state index in [1.807, 2.05) is 6.08 Å². The maximum atomic E-state index is 10.5. The van der Waals surface area contributed by atoms with Crippen LogP contribution in [0.2, 0.25) is 0 Å². The molecule has 3 nitrogen and oxygen atoms in total. The summed E-state index contributed by atoms with van der Waals surface area (Å²) in [6, 6.07) is 0. The fourth-order valence-electron chi connectivity index (χ4n) is 1.14. The van der Waals surface area contributed by atoms with E-state index in [1.165, 1.54) is 19.3 Å². The molecule has 0 radical (unpaired) electrons. The average molecular weight is 199 g/mol. The fourth-order valence-corrected chi connectivity index (χ4v) is 1.14. The number of hydrogen-bond acceptors (Lipinski definition) is 2. The molecule has 1 amide bonds. The van der Waals surface area contributed by atoms with Gasteiger partial charge in [0.15, 0.2) is 0 Å². The fraction of sp³-hybridized carbons (Fsp3) is 0.727. The van der Waals surface area contributed by atoms with E-state index in [0.717, 1.165) is 12.8 Å². The molecule has 0 aliphatic rings. The second-order valence-corrected chi connectivity index (χ2v) is 3.46. The van der Waals surface area contributed by atoms with Gasteiger partial charge in [0.05, 0.1) is 0 Å². The van der Waals surface area contributed by atoms with Crippen LogP contribution in [0.4, 0.5) is 0 Å². The molecule has 1 unspecified atom stereocenters. The molecule has 0 spiro atoms. The predicted molar refractivity (Wildman–Crippen MR) is 57.7 cm³/mol. The van der Waals surface area contributed by atoms with Crippen molar-refractivity contribution in [2.45, 2.75) is 51.6 Å². The first-order valence-corrected chi connectivity index (χ1v) is 5.30. The van der Waals surface area contributed by atoms with Crippen molar-refractivity contribution in [3.05, 3.63) is 12.2 Å². The van der Waals surface area contributed by atoms with Crippen LogP contribution in [-0.2, 0) is 4.79 Å². The molecule has 0 aromatic heterocycles. The van der Waals surface area contributed by atoms with Crippen LogP contribution in [0.3, 0.4) is 0 Å². The molecule has 14 heavy (non-hydrogen) atoms. The molecule has 0 bridgehead atoms. The zero-order chi connectivity index (χ0) is 10.8. The molecule has 0 fully saturated rings. The zero-order valence-electron chi connectivity index (χ0n) is 8.91. The Hall–Kier alpha value is -0.830. The second kappa shape index (κ2) is 8.75. The summed E-state index contributed by atoms with van der Waals surface area (Å²) in [7, 11) is 0. The molecule has 0 heterocycles. The normalized spacial score (nSPS) is 13.3. The van der Waals surface area contributed by atoms with E-state index < -0.39 is 12.0 Å². The second-order valence-electron chi connectivity index (χ2n) is 3.46. The van der Waals surface area contributed by atoms with E-state index in [2.05, 4.69) is 13.0 Å². The van der Waals surface area contributed by atoms with Crippen molar-refractivity contribution in [3.8, 4) is 0 Å². The highest BCUT2D eigenvalue weighted by Gasteiger charge is 2.07. The summed E-state index contributed by atoms with van der Waals surface area (Å²) in [5.41, 5.74) is 4.90. The number of nitrogens with two attached hydrogens (primary N) is 1. The van der Waals surface area contributed by atoms with Crippen LogP contribution in [0.5, 0.6) is 0 Å². The van der Waals surface area contributed by atoms with Gasteiger partial charge in [-0.05, 0) is 25.7 Å². The topological polar surface area (TPSA) is 63.3 Å². The van der Waals surface area contributed by atoms with Gasteiger partial charge in [0.1, 0.15) is 6.10 Å². The summed E-state index contributed by atoms with van der Waals surface area (Å²) in [5.74, 6) is -0.635. The van der Waals surface area contributed by atoms with Crippen LogP contribution in [0.25, 0.3) is 0 Å². The third kappa shape index (κ3) is 7.80. The number of primary amides is 1. The third-order valence-corrected chi connectivity index (χ3v) is 2.08. The average Bonchev–Trinajstić information content (AvgIpc) is 2.16. The van der Waals surface area contributed by atoms with Gasteiger partial charge in [-0.15, -0.1) is 0 Å². The molecule has 3 heteroatoms. The number of unbranched alkanes of at least 4 members (excludes halogenated alkanes) is 3. The smallest absolute Gasteiger partial charge is 0.246 e. The number of aliphatic hydroxyl groups excluding tert-OH is 1. The zero-order valence-corrected chi connectivity index (χ0v) is 8.91. The van der Waals surface area contributed by atoms with Gasteiger partial charge in [-0.25, -0.2) is 0 Å². The van der Waals surface area contributed by atoms with Gasteiger partial charge >= 0.3 is 0 Å². The summed E-state index contributed by atoms with van der Waals surface area (Å²) in [6.45, 7) is 2.17. The number of amides is 1. The standard InChI is InChI=1S/C11H21NO2/c1-2-3-4-5-6-7-8-9-10(13)11(12)14/h6-7,10,13H,2-5,8-9H2,1H3,(H2,12,14)/b7-6+. The van der Waals surface area contributed by atoms with Crippen molar-refractivity contribution < 1.29 is 9.90 Å². The Morgan fingerprint density at radius 1 is 1.36 bits per heavy atom. The highest BCUT2D eigenvalue weighted by atomic mass is 16.3. The molecule has 82 valence electrons. The lowest BCUT2D eigenvalue weighted by Gasteiger charge is -2.02. The Morgan fingerprint density at radius 2 is 2.00 bits per heavy atom. The van der Waals surface area contributed by atoms with E-state index in [0.29, 0.717) is 6.42 Å². The molecule has 0 aromatic carbocycles. The van der Waals surface area contributed by atoms with Gasteiger partial charge in [0.25, 0.3) is 0 Å². The summed E-state index contributed by atoms with van der Waals surface area (Å²) < 4.78 is 0. The van der Waals surface area contributed by atoms with Crippen LogP contribution in [0.1, 0.15) is 45.4 Å². The molecule has 0 aliphatic heterocycles. The van der Waals surface area contributed by atoms with Crippen molar-refractivity contribution in [3.63, 3.8) is 0 Å². The van der Waals surface area contributed by atoms with Crippen LogP contribution in [0, 0.1) is 0 Å². The Bertz CT molecular complexity index is 178. The monoisotopic (exact) mass is 199 g/mol. The van der Waals surface area contributed by atoms with Gasteiger partial charge in [-0.3, -0.25) is 4.79 Å². The number of carbonyl (C=O) groups excluding carboxylic acids is 1. The molecular weight excluding hydrogens is 178 g/mol. The first-order chi connectivity index (χ1) is 6.68. The summed E-state index contributed by atoms with van der Waals surface area (Å²) in [5, 5.41) is 9.06. The molecule has 1 atom stereocenters. The van der Waals surface area contributed by atoms with Crippen molar-refractivity contribution in [1.82, 2.24) is 0 Å². The van der Waals surface area contributed by atoms with Crippen LogP contribution >= 0.6 is 0 Å². The minimum atomic E-state index is -0.990. The Balaban J connectivity index is 3.30. The van der Waals surface area contributed by atoms with Crippen LogP contribution in [0.15, 0.2) is 12.2 Å². The molecule has 0 rings (SSSR count). The van der Waals surface area contributed by atoms with Gasteiger partial charge < -0.3 is 10.8 Å². The summed E-state index contributed by atoms with van der Waals surface area (Å²) >= 11 is 0. The SMILES string of the molecule is CCCCC/C=C/CCC(O)C(N)=O. The van der Waals surface area contributed by atoms with Gasteiger partial charge in [0, 0.05) is 0 Å². The maximum absolute atomic E-state index is 10.5. The minimum Gasteiger partial charge on any atom is -0.383 e. The van der Waals surface area contributed by atoms with E-state index in [1.54, 1.807) is 0 Å². The van der Waals surface area contributed by atoms with Gasteiger partial charge in [-0.1, -0.05) is 31.9 Å². The lowest BCUT2D eigenvalue weighted by molar-refractivity contribution is -0.126. The number of rotatable bonds is 8. The van der Waals surface area contributed by atoms with Crippen LogP contribution < -0.4 is 5.73 Å². The van der Waals surface area contributed by atoms with E-state index in [9.17, 15) is 4.79 Å². The lowest BCUT2D eigenvalue weighted by Crippen LogP contribution is -2.27. The quantitative estimate of drug-likeness (QED) is 0.462. The summed E-state index contributed by atoms with van der Waals surface area (Å²) in [6.07, 6.45) is 9.05. The molecule has 0 aromatic rings. The molecule has 0 saturated heterocycles. The third-order valence-electron chi connectivity index (χ3n) is 2.08. The van der Waals surface area contributed by atoms with Gasteiger partial charge in [0.2, 0.25) is 5.91 Å². The lowest BCUT2D eigenvalue weighted by atomic mass is 10.1. The highest BCUT2D eigenvalue weighted by Crippen LogP contribution is 2.02. The Morgan fingerprint density at radius 3 is 2.57 bits per heavy atom. The first-order valence-electron chi connectivity index (χ1n) is 5.30. The van der Waals surface area contributed by atoms with Crippen molar-refractivity contribution in [2.75, 3.05) is 0 Å².